The van der Waals surface area contributed by atoms with Crippen LogP contribution in [0.5, 0.6) is 11.6 Å². The van der Waals surface area contributed by atoms with E-state index in [0.717, 1.165) is 23.5 Å². The van der Waals surface area contributed by atoms with E-state index in [1.165, 1.54) is 6.20 Å². The lowest BCUT2D eigenvalue weighted by Crippen LogP contribution is -2.16. The second-order valence-electron chi connectivity index (χ2n) is 5.65. The Morgan fingerprint density at radius 2 is 2.21 bits per heavy atom. The maximum atomic E-state index is 12.4. The van der Waals surface area contributed by atoms with Crippen LogP contribution >= 0.6 is 11.8 Å². The van der Waals surface area contributed by atoms with Gasteiger partial charge in [-0.15, -0.1) is 0 Å². The number of rotatable bonds is 5. The Kier molecular flexibility index (Phi) is 5.25. The number of methoxy groups -OCH3 is 1. The van der Waals surface area contributed by atoms with Gasteiger partial charge in [0.1, 0.15) is 11.9 Å². The van der Waals surface area contributed by atoms with Crippen molar-refractivity contribution in [1.29, 1.82) is 0 Å². The molecule has 0 aliphatic carbocycles. The van der Waals surface area contributed by atoms with Crippen molar-refractivity contribution in [3.05, 3.63) is 47.7 Å². The Morgan fingerprint density at radius 1 is 1.33 bits per heavy atom. The van der Waals surface area contributed by atoms with E-state index in [1.807, 2.05) is 36.9 Å². The molecule has 2 aromatic rings. The normalized spacial score (nSPS) is 16.7. The Balaban J connectivity index is 1.67. The lowest BCUT2D eigenvalue weighted by Gasteiger charge is -2.12. The number of pyridine rings is 1. The highest BCUT2D eigenvalue weighted by atomic mass is 32.2. The highest BCUT2D eigenvalue weighted by molar-refractivity contribution is 7.99. The molecule has 3 rings (SSSR count). The van der Waals surface area contributed by atoms with Gasteiger partial charge in [-0.1, -0.05) is 6.07 Å². The first-order valence-corrected chi connectivity index (χ1v) is 8.97. The van der Waals surface area contributed by atoms with Crippen molar-refractivity contribution < 1.29 is 14.3 Å². The Hall–Kier alpha value is -2.21. The number of nitrogens with one attached hydrogen (secondary N) is 1. The lowest BCUT2D eigenvalue weighted by atomic mass is 10.2. The molecular formula is C18H20N2O3S. The van der Waals surface area contributed by atoms with Crippen molar-refractivity contribution in [2.45, 2.75) is 19.4 Å². The number of benzene rings is 1. The average molecular weight is 344 g/mol. The molecule has 1 saturated heterocycles. The lowest BCUT2D eigenvalue weighted by molar-refractivity contribution is 0.102. The van der Waals surface area contributed by atoms with Gasteiger partial charge in [-0.25, -0.2) is 4.98 Å². The predicted molar refractivity (Wildman–Crippen MR) is 96.3 cm³/mol. The molecule has 2 heterocycles. The predicted octanol–water partition coefficient (Wildman–Crippen LogP) is 3.54. The molecule has 6 heteroatoms. The number of amides is 1. The van der Waals surface area contributed by atoms with Crippen LogP contribution in [0.25, 0.3) is 0 Å². The number of aryl methyl sites for hydroxylation is 1. The van der Waals surface area contributed by atoms with Gasteiger partial charge in [0.2, 0.25) is 5.88 Å². The van der Waals surface area contributed by atoms with E-state index in [0.29, 0.717) is 22.9 Å². The van der Waals surface area contributed by atoms with Crippen LogP contribution in [0.3, 0.4) is 0 Å². The fraction of sp³-hybridized carbons (Fsp3) is 0.333. The monoisotopic (exact) mass is 344 g/mol. The summed E-state index contributed by atoms with van der Waals surface area (Å²) in [6.45, 7) is 1.96. The van der Waals surface area contributed by atoms with Crippen LogP contribution in [0.4, 0.5) is 5.69 Å². The van der Waals surface area contributed by atoms with E-state index in [9.17, 15) is 4.79 Å². The highest BCUT2D eigenvalue weighted by Crippen LogP contribution is 2.26. The zero-order chi connectivity index (χ0) is 16.9. The van der Waals surface area contributed by atoms with E-state index in [1.54, 1.807) is 19.2 Å². The number of hydrogen-bond donors (Lipinski definition) is 1. The maximum absolute atomic E-state index is 12.4. The Labute approximate surface area is 145 Å². The molecule has 1 fully saturated rings. The molecular weight excluding hydrogens is 324 g/mol. The minimum atomic E-state index is -0.227. The number of aromatic nitrogens is 1. The SMILES string of the molecule is COc1ccc(C)cc1NC(=O)c1ccc(OC2CCSC2)nc1. The van der Waals surface area contributed by atoms with Crippen molar-refractivity contribution in [1.82, 2.24) is 4.98 Å². The summed E-state index contributed by atoms with van der Waals surface area (Å²) < 4.78 is 11.1. The van der Waals surface area contributed by atoms with E-state index in [4.69, 9.17) is 9.47 Å². The second kappa shape index (κ2) is 7.57. The van der Waals surface area contributed by atoms with Crippen LogP contribution in [-0.2, 0) is 0 Å². The summed E-state index contributed by atoms with van der Waals surface area (Å²) in [5, 5.41) is 2.86. The number of nitrogens with zero attached hydrogens (tertiary/aromatic N) is 1. The van der Waals surface area contributed by atoms with Gasteiger partial charge in [0.25, 0.3) is 5.91 Å². The molecule has 1 unspecified atom stereocenters. The molecule has 1 N–H and O–H groups in total. The van der Waals surface area contributed by atoms with Crippen LogP contribution in [0, 0.1) is 6.92 Å². The molecule has 1 aliphatic heterocycles. The highest BCUT2D eigenvalue weighted by Gasteiger charge is 2.18. The minimum absolute atomic E-state index is 0.221. The first kappa shape index (κ1) is 16.6. The number of carbonyl (C=O) groups excluding carboxylic acids is 1. The molecule has 0 radical (unpaired) electrons. The van der Waals surface area contributed by atoms with Gasteiger partial charge < -0.3 is 14.8 Å². The van der Waals surface area contributed by atoms with Gasteiger partial charge >= 0.3 is 0 Å². The molecule has 1 amide bonds. The average Bonchev–Trinajstić information content (AvgIpc) is 3.09. The van der Waals surface area contributed by atoms with Crippen molar-refractivity contribution in [3.63, 3.8) is 0 Å². The summed E-state index contributed by atoms with van der Waals surface area (Å²) in [4.78, 5) is 16.6. The molecule has 0 saturated carbocycles. The Bertz CT molecular complexity index is 713. The van der Waals surface area contributed by atoms with Gasteiger partial charge in [0.05, 0.1) is 18.4 Å². The van der Waals surface area contributed by atoms with Crippen molar-refractivity contribution >= 4 is 23.4 Å². The molecule has 1 aromatic heterocycles. The summed E-state index contributed by atoms with van der Waals surface area (Å²) in [5.74, 6) is 3.09. The van der Waals surface area contributed by atoms with Crippen LogP contribution in [-0.4, -0.2) is 35.6 Å². The fourth-order valence-electron chi connectivity index (χ4n) is 2.47. The molecule has 1 aliphatic rings. The van der Waals surface area contributed by atoms with Gasteiger partial charge in [-0.05, 0) is 42.9 Å². The second-order valence-corrected chi connectivity index (χ2v) is 6.80. The number of thioether (sulfide) groups is 1. The maximum Gasteiger partial charge on any atom is 0.257 e. The van der Waals surface area contributed by atoms with Gasteiger partial charge in [-0.2, -0.15) is 11.8 Å². The van der Waals surface area contributed by atoms with Gasteiger partial charge in [0.15, 0.2) is 0 Å². The van der Waals surface area contributed by atoms with Crippen LogP contribution in [0.2, 0.25) is 0 Å². The molecule has 0 bridgehead atoms. The third-order valence-electron chi connectivity index (χ3n) is 3.78. The van der Waals surface area contributed by atoms with E-state index < -0.39 is 0 Å². The third-order valence-corrected chi connectivity index (χ3v) is 4.91. The smallest absolute Gasteiger partial charge is 0.257 e. The topological polar surface area (TPSA) is 60.5 Å². The van der Waals surface area contributed by atoms with Gasteiger partial charge in [0, 0.05) is 18.0 Å². The Morgan fingerprint density at radius 3 is 2.88 bits per heavy atom. The number of carbonyl (C=O) groups is 1. The standard InChI is InChI=1S/C18H20N2O3S/c1-12-3-5-16(22-2)15(9-12)20-18(21)13-4-6-17(19-10-13)23-14-7-8-24-11-14/h3-6,9-10,14H,7-8,11H2,1-2H3,(H,20,21). The number of anilines is 1. The molecule has 24 heavy (non-hydrogen) atoms. The largest absolute Gasteiger partial charge is 0.495 e. The van der Waals surface area contributed by atoms with Crippen molar-refractivity contribution in [2.75, 3.05) is 23.9 Å². The third kappa shape index (κ3) is 4.00. The van der Waals surface area contributed by atoms with Crippen LogP contribution < -0.4 is 14.8 Å². The van der Waals surface area contributed by atoms with Crippen LogP contribution in [0.1, 0.15) is 22.3 Å². The number of hydrogen-bond acceptors (Lipinski definition) is 5. The minimum Gasteiger partial charge on any atom is -0.495 e. The number of ether oxygens (including phenoxy) is 2. The summed E-state index contributed by atoms with van der Waals surface area (Å²) >= 11 is 1.89. The zero-order valence-corrected chi connectivity index (χ0v) is 14.6. The first-order valence-electron chi connectivity index (χ1n) is 7.82. The summed E-state index contributed by atoms with van der Waals surface area (Å²) in [6.07, 6.45) is 2.80. The summed E-state index contributed by atoms with van der Waals surface area (Å²) in [7, 11) is 1.58. The van der Waals surface area contributed by atoms with Crippen molar-refractivity contribution in [2.24, 2.45) is 0 Å². The van der Waals surface area contributed by atoms with E-state index in [2.05, 4.69) is 10.3 Å². The van der Waals surface area contributed by atoms with Crippen molar-refractivity contribution in [3.8, 4) is 11.6 Å². The molecule has 126 valence electrons. The first-order chi connectivity index (χ1) is 11.7. The van der Waals surface area contributed by atoms with Gasteiger partial charge in [-0.3, -0.25) is 4.79 Å². The zero-order valence-electron chi connectivity index (χ0n) is 13.7. The summed E-state index contributed by atoms with van der Waals surface area (Å²) in [5.41, 5.74) is 2.17. The molecule has 1 atom stereocenters. The summed E-state index contributed by atoms with van der Waals surface area (Å²) in [6, 6.07) is 9.11. The molecule has 1 aromatic carbocycles. The van der Waals surface area contributed by atoms with Crippen LogP contribution in [0.15, 0.2) is 36.5 Å². The van der Waals surface area contributed by atoms with E-state index >= 15 is 0 Å². The fourth-order valence-corrected chi connectivity index (χ4v) is 3.57. The van der Waals surface area contributed by atoms with E-state index in [-0.39, 0.29) is 12.0 Å². The molecule has 0 spiro atoms. The quantitative estimate of drug-likeness (QED) is 0.899. The molecule has 5 nitrogen and oxygen atoms in total.